The molecule has 86 valence electrons. The van der Waals surface area contributed by atoms with Crippen LogP contribution in [0.2, 0.25) is 0 Å². The van der Waals surface area contributed by atoms with Crippen LogP contribution in [0.1, 0.15) is 17.3 Å². The number of carbonyl (C=O) groups excluding carboxylic acids is 1. The number of hydrogen-bond acceptors (Lipinski definition) is 4. The average Bonchev–Trinajstić information content (AvgIpc) is 2.41. The minimum Gasteiger partial charge on any atom is -0.326 e. The molecule has 1 heterocycles. The summed E-state index contributed by atoms with van der Waals surface area (Å²) in [5, 5.41) is 0. The van der Waals surface area contributed by atoms with Crippen LogP contribution in [-0.2, 0) is 10.0 Å². The van der Waals surface area contributed by atoms with Gasteiger partial charge in [-0.1, -0.05) is 12.1 Å². The number of sulfonamides is 1. The predicted octanol–water partition coefficient (Wildman–Crippen LogP) is 0.178. The quantitative estimate of drug-likeness (QED) is 0.799. The fourth-order valence-electron chi connectivity index (χ4n) is 1.67. The normalized spacial score (nSPS) is 19.6. The maximum Gasteiger partial charge on any atom is 0.269 e. The van der Waals surface area contributed by atoms with Gasteiger partial charge in [0.1, 0.15) is 4.90 Å². The van der Waals surface area contributed by atoms with E-state index in [1.54, 1.807) is 19.1 Å². The molecule has 1 atom stereocenters. The molecule has 0 unspecified atom stereocenters. The van der Waals surface area contributed by atoms with Crippen molar-refractivity contribution in [3.05, 3.63) is 29.8 Å². The molecular weight excluding hydrogens is 228 g/mol. The lowest BCUT2D eigenvalue weighted by molar-refractivity contribution is 0.0867. The van der Waals surface area contributed by atoms with Crippen LogP contribution >= 0.6 is 0 Å². The smallest absolute Gasteiger partial charge is 0.269 e. The first-order valence-corrected chi connectivity index (χ1v) is 6.30. The molecule has 1 aromatic rings. The molecule has 1 aliphatic heterocycles. The summed E-state index contributed by atoms with van der Waals surface area (Å²) in [5.74, 6) is -0.493. The van der Waals surface area contributed by atoms with Crippen molar-refractivity contribution in [1.82, 2.24) is 4.31 Å². The highest BCUT2D eigenvalue weighted by molar-refractivity contribution is 7.90. The Balaban J connectivity index is 2.54. The van der Waals surface area contributed by atoms with E-state index in [2.05, 4.69) is 0 Å². The second kappa shape index (κ2) is 3.57. The summed E-state index contributed by atoms with van der Waals surface area (Å²) in [7, 11) is -3.69. The first-order valence-electron chi connectivity index (χ1n) is 4.86. The fraction of sp³-hybridized carbons (Fsp3) is 0.300. The molecule has 6 heteroatoms. The number of carbonyl (C=O) groups is 1. The van der Waals surface area contributed by atoms with Crippen molar-refractivity contribution in [2.75, 3.05) is 6.54 Å². The second-order valence-corrected chi connectivity index (χ2v) is 5.65. The van der Waals surface area contributed by atoms with Crippen molar-refractivity contribution in [3.8, 4) is 0 Å². The summed E-state index contributed by atoms with van der Waals surface area (Å²) in [6, 6.07) is 5.80. The molecule has 0 aromatic heterocycles. The SMILES string of the molecule is C[C@H](N)CN1C(=O)c2ccccc2S1(=O)=O. The third-order valence-electron chi connectivity index (χ3n) is 2.37. The Morgan fingerprint density at radius 3 is 2.56 bits per heavy atom. The maximum atomic E-state index is 12.0. The molecule has 2 N–H and O–H groups in total. The molecule has 0 aliphatic carbocycles. The van der Waals surface area contributed by atoms with Gasteiger partial charge in [-0.3, -0.25) is 4.79 Å². The number of nitrogens with zero attached hydrogens (tertiary/aromatic N) is 1. The van der Waals surface area contributed by atoms with Gasteiger partial charge in [0, 0.05) is 6.04 Å². The number of rotatable bonds is 2. The molecule has 0 saturated heterocycles. The third-order valence-corrected chi connectivity index (χ3v) is 4.17. The van der Waals surface area contributed by atoms with E-state index in [0.29, 0.717) is 0 Å². The van der Waals surface area contributed by atoms with Crippen LogP contribution in [-0.4, -0.2) is 31.2 Å². The molecular formula is C10H12N2O3S. The van der Waals surface area contributed by atoms with Crippen LogP contribution in [0.25, 0.3) is 0 Å². The van der Waals surface area contributed by atoms with E-state index in [-0.39, 0.29) is 23.0 Å². The van der Waals surface area contributed by atoms with E-state index in [9.17, 15) is 13.2 Å². The molecule has 2 rings (SSSR count). The molecule has 0 fully saturated rings. The number of hydrogen-bond donors (Lipinski definition) is 1. The van der Waals surface area contributed by atoms with Gasteiger partial charge in [-0.2, -0.15) is 0 Å². The molecule has 0 radical (unpaired) electrons. The largest absolute Gasteiger partial charge is 0.326 e. The standard InChI is InChI=1S/C10H12N2O3S/c1-7(11)6-12-10(13)8-4-2-3-5-9(8)16(12,14)15/h2-5,7H,6,11H2,1H3/t7-/m0/s1. The van der Waals surface area contributed by atoms with Crippen LogP contribution < -0.4 is 5.73 Å². The van der Waals surface area contributed by atoms with E-state index in [4.69, 9.17) is 5.73 Å². The number of fused-ring (bicyclic) bond motifs is 1. The van der Waals surface area contributed by atoms with Gasteiger partial charge in [0.05, 0.1) is 12.1 Å². The predicted molar refractivity (Wildman–Crippen MR) is 58.3 cm³/mol. The molecule has 16 heavy (non-hydrogen) atoms. The summed E-state index contributed by atoms with van der Waals surface area (Å²) < 4.78 is 24.8. The van der Waals surface area contributed by atoms with Crippen molar-refractivity contribution < 1.29 is 13.2 Å². The zero-order chi connectivity index (χ0) is 11.9. The number of nitrogens with two attached hydrogens (primary N) is 1. The van der Waals surface area contributed by atoms with Crippen molar-refractivity contribution in [1.29, 1.82) is 0 Å². The molecule has 1 amide bonds. The Labute approximate surface area is 93.9 Å². The van der Waals surface area contributed by atoms with Gasteiger partial charge in [-0.15, -0.1) is 0 Å². The Kier molecular flexibility index (Phi) is 2.47. The summed E-state index contributed by atoms with van der Waals surface area (Å²) in [6.45, 7) is 1.67. The average molecular weight is 240 g/mol. The van der Waals surface area contributed by atoms with E-state index < -0.39 is 15.9 Å². The van der Waals surface area contributed by atoms with E-state index in [0.717, 1.165) is 4.31 Å². The third kappa shape index (κ3) is 1.50. The van der Waals surface area contributed by atoms with Crippen LogP contribution in [0.5, 0.6) is 0 Å². The number of benzene rings is 1. The van der Waals surface area contributed by atoms with Crippen molar-refractivity contribution in [2.45, 2.75) is 17.9 Å². The monoisotopic (exact) mass is 240 g/mol. The van der Waals surface area contributed by atoms with Crippen LogP contribution in [0.3, 0.4) is 0 Å². The first kappa shape index (κ1) is 11.1. The highest BCUT2D eigenvalue weighted by Gasteiger charge is 2.40. The molecule has 0 bridgehead atoms. The lowest BCUT2D eigenvalue weighted by Crippen LogP contribution is -2.39. The van der Waals surface area contributed by atoms with Gasteiger partial charge >= 0.3 is 0 Å². The van der Waals surface area contributed by atoms with Gasteiger partial charge in [-0.05, 0) is 19.1 Å². The van der Waals surface area contributed by atoms with Gasteiger partial charge in [0.15, 0.2) is 0 Å². The van der Waals surface area contributed by atoms with E-state index >= 15 is 0 Å². The minimum absolute atomic E-state index is 0.00977. The van der Waals surface area contributed by atoms with Crippen molar-refractivity contribution in [2.24, 2.45) is 5.73 Å². The Hall–Kier alpha value is -1.40. The highest BCUT2D eigenvalue weighted by Crippen LogP contribution is 2.29. The van der Waals surface area contributed by atoms with Gasteiger partial charge in [0.25, 0.3) is 15.9 Å². The second-order valence-electron chi connectivity index (χ2n) is 3.81. The van der Waals surface area contributed by atoms with Crippen LogP contribution in [0, 0.1) is 0 Å². The molecule has 1 aliphatic rings. The van der Waals surface area contributed by atoms with Crippen LogP contribution in [0.4, 0.5) is 0 Å². The summed E-state index contributed by atoms with van der Waals surface area (Å²) in [4.78, 5) is 11.9. The Morgan fingerprint density at radius 1 is 1.38 bits per heavy atom. The number of amides is 1. The van der Waals surface area contributed by atoms with Crippen molar-refractivity contribution in [3.63, 3.8) is 0 Å². The maximum absolute atomic E-state index is 12.0. The zero-order valence-corrected chi connectivity index (χ0v) is 9.57. The summed E-state index contributed by atoms with van der Waals surface area (Å²) >= 11 is 0. The van der Waals surface area contributed by atoms with Gasteiger partial charge in [0.2, 0.25) is 0 Å². The lowest BCUT2D eigenvalue weighted by Gasteiger charge is -2.16. The molecule has 1 aromatic carbocycles. The van der Waals surface area contributed by atoms with Gasteiger partial charge in [-0.25, -0.2) is 12.7 Å². The Bertz CT molecular complexity index is 537. The van der Waals surface area contributed by atoms with Gasteiger partial charge < -0.3 is 5.73 Å². The summed E-state index contributed by atoms with van der Waals surface area (Å²) in [6.07, 6.45) is 0. The molecule has 0 saturated carbocycles. The zero-order valence-electron chi connectivity index (χ0n) is 8.75. The van der Waals surface area contributed by atoms with E-state index in [1.807, 2.05) is 0 Å². The van der Waals surface area contributed by atoms with Crippen molar-refractivity contribution >= 4 is 15.9 Å². The highest BCUT2D eigenvalue weighted by atomic mass is 32.2. The fourth-order valence-corrected chi connectivity index (χ4v) is 3.34. The minimum atomic E-state index is -3.69. The molecule has 0 spiro atoms. The topological polar surface area (TPSA) is 80.5 Å². The molecule has 5 nitrogen and oxygen atoms in total. The lowest BCUT2D eigenvalue weighted by atomic mass is 10.2. The first-order chi connectivity index (χ1) is 7.44. The van der Waals surface area contributed by atoms with Crippen LogP contribution in [0.15, 0.2) is 29.2 Å². The Morgan fingerprint density at radius 2 is 2.00 bits per heavy atom. The van der Waals surface area contributed by atoms with E-state index in [1.165, 1.54) is 12.1 Å². The summed E-state index contributed by atoms with van der Waals surface area (Å²) in [5.41, 5.74) is 5.76.